The van der Waals surface area contributed by atoms with Gasteiger partial charge in [0.25, 0.3) is 0 Å². The van der Waals surface area contributed by atoms with E-state index in [1.807, 2.05) is 30.3 Å². The Morgan fingerprint density at radius 1 is 1.00 bits per heavy atom. The van der Waals surface area contributed by atoms with Crippen molar-refractivity contribution in [2.45, 2.75) is 19.3 Å². The number of thiocarbonyl (C=S) groups is 1. The summed E-state index contributed by atoms with van der Waals surface area (Å²) >= 11 is 5.05. The number of nitrogens with one attached hydrogen (secondary N) is 2. The molecule has 0 unspecified atom stereocenters. The Morgan fingerprint density at radius 3 is 2.46 bits per heavy atom. The lowest BCUT2D eigenvalue weighted by atomic mass is 10.2. The number of anilines is 1. The Labute approximate surface area is 168 Å². The van der Waals surface area contributed by atoms with Crippen LogP contribution in [0.1, 0.15) is 28.8 Å². The average Bonchev–Trinajstić information content (AvgIpc) is 2.67. The highest BCUT2D eigenvalue weighted by atomic mass is 32.1. The van der Waals surface area contributed by atoms with Crippen molar-refractivity contribution in [1.82, 2.24) is 5.32 Å². The predicted molar refractivity (Wildman–Crippen MR) is 110 cm³/mol. The van der Waals surface area contributed by atoms with Gasteiger partial charge in [-0.2, -0.15) is 0 Å². The first-order chi connectivity index (χ1) is 13.4. The van der Waals surface area contributed by atoms with Crippen molar-refractivity contribution < 1.29 is 19.1 Å². The second-order valence-electron chi connectivity index (χ2n) is 5.90. The molecule has 0 radical (unpaired) electrons. The van der Waals surface area contributed by atoms with Gasteiger partial charge in [0.1, 0.15) is 0 Å². The lowest BCUT2D eigenvalue weighted by molar-refractivity contribution is -0.144. The summed E-state index contributed by atoms with van der Waals surface area (Å²) in [4.78, 5) is 34.8. The van der Waals surface area contributed by atoms with Crippen LogP contribution in [0.25, 0.3) is 0 Å². The maximum absolute atomic E-state index is 11.9. The van der Waals surface area contributed by atoms with E-state index in [0.717, 1.165) is 5.56 Å². The van der Waals surface area contributed by atoms with Gasteiger partial charge in [-0.1, -0.05) is 36.4 Å². The summed E-state index contributed by atoms with van der Waals surface area (Å²) in [6.45, 7) is 0.265. The summed E-state index contributed by atoms with van der Waals surface area (Å²) < 4.78 is 5.12. The minimum atomic E-state index is -0.565. The number of hydrogen-bond donors (Lipinski definition) is 3. The van der Waals surface area contributed by atoms with E-state index in [2.05, 4.69) is 10.6 Å². The minimum absolute atomic E-state index is 0.0413. The van der Waals surface area contributed by atoms with Gasteiger partial charge < -0.3 is 21.1 Å². The molecule has 0 saturated carbocycles. The molecule has 0 bridgehead atoms. The van der Waals surface area contributed by atoms with Gasteiger partial charge in [-0.25, -0.2) is 0 Å². The number of ether oxygens (including phenoxy) is 1. The Kier molecular flexibility index (Phi) is 8.11. The van der Waals surface area contributed by atoms with E-state index in [1.54, 1.807) is 18.2 Å². The van der Waals surface area contributed by atoms with Crippen LogP contribution in [0.5, 0.6) is 0 Å². The van der Waals surface area contributed by atoms with E-state index in [0.29, 0.717) is 17.7 Å². The van der Waals surface area contributed by atoms with Gasteiger partial charge >= 0.3 is 5.97 Å². The van der Waals surface area contributed by atoms with E-state index in [4.69, 9.17) is 22.7 Å². The summed E-state index contributed by atoms with van der Waals surface area (Å²) in [5, 5.41) is 5.31. The van der Waals surface area contributed by atoms with Crippen LogP contribution in [-0.2, 0) is 20.7 Å². The van der Waals surface area contributed by atoms with Crippen molar-refractivity contribution in [3.8, 4) is 0 Å². The highest BCUT2D eigenvalue weighted by Crippen LogP contribution is 2.10. The molecule has 0 aliphatic carbocycles. The number of carbonyl (C=O) groups excluding carboxylic acids is 3. The van der Waals surface area contributed by atoms with Crippen molar-refractivity contribution in [2.24, 2.45) is 5.73 Å². The SMILES string of the molecule is NC(=O)c1cccc(NC(=S)NC(=O)CCC(=O)OCCc2ccccc2)c1. The molecular formula is C20H21N3O4S. The third-order valence-corrected chi connectivity index (χ3v) is 3.91. The molecule has 2 rings (SSSR count). The Hall–Kier alpha value is -3.26. The third kappa shape index (κ3) is 7.55. The van der Waals surface area contributed by atoms with E-state index < -0.39 is 17.8 Å². The first-order valence-corrected chi connectivity index (χ1v) is 9.05. The molecule has 2 aromatic carbocycles. The van der Waals surface area contributed by atoms with Crippen LogP contribution in [-0.4, -0.2) is 29.5 Å². The largest absolute Gasteiger partial charge is 0.465 e. The highest BCUT2D eigenvalue weighted by Gasteiger charge is 2.10. The zero-order chi connectivity index (χ0) is 20.4. The summed E-state index contributed by atoms with van der Waals surface area (Å²) in [6.07, 6.45) is 0.533. The third-order valence-electron chi connectivity index (χ3n) is 3.71. The Morgan fingerprint density at radius 2 is 1.75 bits per heavy atom. The zero-order valence-electron chi connectivity index (χ0n) is 15.1. The molecule has 0 aromatic heterocycles. The van der Waals surface area contributed by atoms with Crippen LogP contribution in [0.4, 0.5) is 5.69 Å². The number of nitrogens with two attached hydrogens (primary N) is 1. The predicted octanol–water partition coefficient (Wildman–Crippen LogP) is 2.16. The minimum Gasteiger partial charge on any atom is -0.465 e. The molecule has 28 heavy (non-hydrogen) atoms. The van der Waals surface area contributed by atoms with Crippen LogP contribution in [0.15, 0.2) is 54.6 Å². The number of rotatable bonds is 8. The normalized spacial score (nSPS) is 10.0. The Balaban J connectivity index is 1.67. The fourth-order valence-electron chi connectivity index (χ4n) is 2.32. The first-order valence-electron chi connectivity index (χ1n) is 8.64. The van der Waals surface area contributed by atoms with Crippen molar-refractivity contribution in [3.63, 3.8) is 0 Å². The molecule has 0 spiro atoms. The van der Waals surface area contributed by atoms with Crippen molar-refractivity contribution in [2.75, 3.05) is 11.9 Å². The van der Waals surface area contributed by atoms with Crippen LogP contribution < -0.4 is 16.4 Å². The number of carbonyl (C=O) groups is 3. The molecule has 4 N–H and O–H groups in total. The fraction of sp³-hybridized carbons (Fsp3) is 0.200. The number of esters is 1. The van der Waals surface area contributed by atoms with Gasteiger partial charge in [-0.05, 0) is 36.0 Å². The van der Waals surface area contributed by atoms with E-state index in [9.17, 15) is 14.4 Å². The number of primary amides is 1. The maximum Gasteiger partial charge on any atom is 0.306 e. The van der Waals surface area contributed by atoms with Crippen LogP contribution in [0, 0.1) is 0 Å². The van der Waals surface area contributed by atoms with E-state index in [1.165, 1.54) is 6.07 Å². The molecule has 7 nitrogen and oxygen atoms in total. The van der Waals surface area contributed by atoms with Crippen molar-refractivity contribution >= 4 is 40.8 Å². The summed E-state index contributed by atoms with van der Waals surface area (Å²) in [5.41, 5.74) is 7.12. The monoisotopic (exact) mass is 399 g/mol. The summed E-state index contributed by atoms with van der Waals surface area (Å²) in [6, 6.07) is 16.1. The Bertz CT molecular complexity index is 856. The molecule has 2 amide bonds. The second kappa shape index (κ2) is 10.8. The molecule has 146 valence electrons. The molecule has 0 atom stereocenters. The lowest BCUT2D eigenvalue weighted by Gasteiger charge is -2.10. The second-order valence-corrected chi connectivity index (χ2v) is 6.31. The van der Waals surface area contributed by atoms with Gasteiger partial charge in [0.2, 0.25) is 11.8 Å². The van der Waals surface area contributed by atoms with E-state index >= 15 is 0 Å². The fourth-order valence-corrected chi connectivity index (χ4v) is 2.55. The quantitative estimate of drug-likeness (QED) is 0.463. The zero-order valence-corrected chi connectivity index (χ0v) is 16.0. The topological polar surface area (TPSA) is 111 Å². The highest BCUT2D eigenvalue weighted by molar-refractivity contribution is 7.80. The average molecular weight is 399 g/mol. The van der Waals surface area contributed by atoms with Crippen molar-refractivity contribution in [3.05, 3.63) is 65.7 Å². The number of amides is 2. The molecule has 8 heteroatoms. The molecule has 0 saturated heterocycles. The van der Waals surface area contributed by atoms with Gasteiger partial charge in [-0.15, -0.1) is 0 Å². The maximum atomic E-state index is 11.9. The first kappa shape index (κ1) is 21.0. The van der Waals surface area contributed by atoms with E-state index in [-0.39, 0.29) is 24.6 Å². The van der Waals surface area contributed by atoms with Crippen LogP contribution >= 0.6 is 12.2 Å². The molecule has 0 aliphatic heterocycles. The number of benzene rings is 2. The van der Waals surface area contributed by atoms with Gasteiger partial charge in [0.05, 0.1) is 13.0 Å². The van der Waals surface area contributed by atoms with Gasteiger partial charge in [0.15, 0.2) is 5.11 Å². The van der Waals surface area contributed by atoms with Crippen LogP contribution in [0.3, 0.4) is 0 Å². The summed E-state index contributed by atoms with van der Waals surface area (Å²) in [7, 11) is 0. The molecule has 0 heterocycles. The summed E-state index contributed by atoms with van der Waals surface area (Å²) in [5.74, 6) is -1.42. The smallest absolute Gasteiger partial charge is 0.306 e. The van der Waals surface area contributed by atoms with Crippen molar-refractivity contribution in [1.29, 1.82) is 0 Å². The molecule has 0 fully saturated rings. The van der Waals surface area contributed by atoms with Gasteiger partial charge in [-0.3, -0.25) is 14.4 Å². The molecule has 0 aliphatic rings. The number of hydrogen-bond acceptors (Lipinski definition) is 5. The van der Waals surface area contributed by atoms with Gasteiger partial charge in [0, 0.05) is 24.1 Å². The standard InChI is InChI=1S/C20H21N3O4S/c21-19(26)15-7-4-8-16(13-15)22-20(28)23-17(24)9-10-18(25)27-12-11-14-5-2-1-3-6-14/h1-8,13H,9-12H2,(H2,21,26)(H2,22,23,24,28). The van der Waals surface area contributed by atoms with Crippen LogP contribution in [0.2, 0.25) is 0 Å². The molecular weight excluding hydrogens is 378 g/mol. The lowest BCUT2D eigenvalue weighted by Crippen LogP contribution is -2.34. The molecule has 2 aromatic rings.